The first-order valence-corrected chi connectivity index (χ1v) is 6.09. The van der Waals surface area contributed by atoms with Crippen LogP contribution in [-0.4, -0.2) is 12.0 Å². The molecule has 3 heteroatoms. The van der Waals surface area contributed by atoms with Gasteiger partial charge < -0.3 is 11.1 Å². The minimum absolute atomic E-state index is 0.360. The summed E-state index contributed by atoms with van der Waals surface area (Å²) in [5, 5.41) is 3.40. The Kier molecular flexibility index (Phi) is 3.44. The van der Waals surface area contributed by atoms with Crippen LogP contribution >= 0.6 is 0 Å². The zero-order chi connectivity index (χ0) is 11.5. The molecule has 0 spiro atoms. The fraction of sp³-hybridized carbons (Fsp3) is 0.615. The average Bonchev–Trinajstić information content (AvgIpc) is 2.69. The van der Waals surface area contributed by atoms with Crippen molar-refractivity contribution in [2.24, 2.45) is 11.8 Å². The van der Waals surface area contributed by atoms with Crippen molar-refractivity contribution in [1.29, 1.82) is 0 Å². The molecule has 1 aliphatic carbocycles. The second kappa shape index (κ2) is 4.83. The molecule has 88 valence electrons. The molecule has 0 bridgehead atoms. The van der Waals surface area contributed by atoms with Crippen molar-refractivity contribution in [3.63, 3.8) is 0 Å². The lowest BCUT2D eigenvalue weighted by Crippen LogP contribution is -2.25. The first-order valence-electron chi connectivity index (χ1n) is 6.09. The molecule has 0 saturated heterocycles. The highest BCUT2D eigenvalue weighted by molar-refractivity contribution is 5.46. The van der Waals surface area contributed by atoms with Crippen LogP contribution in [0.25, 0.3) is 0 Å². The Labute approximate surface area is 97.5 Å². The van der Waals surface area contributed by atoms with Crippen molar-refractivity contribution in [2.75, 3.05) is 12.8 Å². The molecule has 0 amide bonds. The third-order valence-electron chi connectivity index (χ3n) is 3.74. The van der Waals surface area contributed by atoms with Crippen LogP contribution in [0.5, 0.6) is 0 Å². The van der Waals surface area contributed by atoms with E-state index in [1.54, 1.807) is 6.20 Å². The molecule has 3 unspecified atom stereocenters. The SMILES string of the molecule is CNC(c1cnccc1N)C1CCC(C)C1. The highest BCUT2D eigenvalue weighted by atomic mass is 14.9. The monoisotopic (exact) mass is 219 g/mol. The summed E-state index contributed by atoms with van der Waals surface area (Å²) in [5.41, 5.74) is 8.03. The van der Waals surface area contributed by atoms with E-state index in [2.05, 4.69) is 17.2 Å². The topological polar surface area (TPSA) is 50.9 Å². The van der Waals surface area contributed by atoms with Crippen molar-refractivity contribution in [3.05, 3.63) is 24.0 Å². The third-order valence-corrected chi connectivity index (χ3v) is 3.74. The summed E-state index contributed by atoms with van der Waals surface area (Å²) in [6.45, 7) is 2.33. The van der Waals surface area contributed by atoms with E-state index in [9.17, 15) is 0 Å². The van der Waals surface area contributed by atoms with Crippen LogP contribution in [0.4, 0.5) is 5.69 Å². The van der Waals surface area contributed by atoms with Crippen molar-refractivity contribution >= 4 is 5.69 Å². The molecular formula is C13H21N3. The molecule has 0 radical (unpaired) electrons. The highest BCUT2D eigenvalue weighted by Crippen LogP contribution is 2.39. The van der Waals surface area contributed by atoms with Crippen molar-refractivity contribution in [2.45, 2.75) is 32.2 Å². The maximum Gasteiger partial charge on any atom is 0.0393 e. The molecule has 1 fully saturated rings. The van der Waals surface area contributed by atoms with E-state index in [4.69, 9.17) is 5.73 Å². The average molecular weight is 219 g/mol. The van der Waals surface area contributed by atoms with Gasteiger partial charge in [0.05, 0.1) is 0 Å². The molecule has 1 heterocycles. The van der Waals surface area contributed by atoms with E-state index >= 15 is 0 Å². The molecule has 2 rings (SSSR count). The maximum absolute atomic E-state index is 6.02. The number of nitrogens with zero attached hydrogens (tertiary/aromatic N) is 1. The zero-order valence-corrected chi connectivity index (χ0v) is 10.1. The van der Waals surface area contributed by atoms with E-state index in [1.807, 2.05) is 19.3 Å². The molecular weight excluding hydrogens is 198 g/mol. The van der Waals surface area contributed by atoms with Crippen LogP contribution in [-0.2, 0) is 0 Å². The van der Waals surface area contributed by atoms with Crippen LogP contribution < -0.4 is 11.1 Å². The Morgan fingerprint density at radius 1 is 1.50 bits per heavy atom. The van der Waals surface area contributed by atoms with Gasteiger partial charge in [0, 0.05) is 29.7 Å². The van der Waals surface area contributed by atoms with Crippen LogP contribution in [0.1, 0.15) is 37.8 Å². The number of anilines is 1. The first-order chi connectivity index (χ1) is 7.72. The summed E-state index contributed by atoms with van der Waals surface area (Å²) in [6.07, 6.45) is 7.58. The van der Waals surface area contributed by atoms with Gasteiger partial charge in [0.25, 0.3) is 0 Å². The van der Waals surface area contributed by atoms with Crippen molar-refractivity contribution < 1.29 is 0 Å². The molecule has 3 atom stereocenters. The van der Waals surface area contributed by atoms with E-state index in [0.29, 0.717) is 12.0 Å². The Hall–Kier alpha value is -1.09. The Bertz CT molecular complexity index is 351. The minimum atomic E-state index is 0.360. The lowest BCUT2D eigenvalue weighted by molar-refractivity contribution is 0.379. The first kappa shape index (κ1) is 11.4. The maximum atomic E-state index is 6.02. The molecule has 3 N–H and O–H groups in total. The fourth-order valence-electron chi connectivity index (χ4n) is 2.88. The van der Waals surface area contributed by atoms with E-state index in [0.717, 1.165) is 17.2 Å². The quantitative estimate of drug-likeness (QED) is 0.820. The number of pyridine rings is 1. The van der Waals surface area contributed by atoms with Gasteiger partial charge in [0.2, 0.25) is 0 Å². The fourth-order valence-corrected chi connectivity index (χ4v) is 2.88. The number of nitrogens with one attached hydrogen (secondary N) is 1. The number of nitrogen functional groups attached to an aromatic ring is 1. The van der Waals surface area contributed by atoms with Gasteiger partial charge in [-0.1, -0.05) is 13.3 Å². The largest absolute Gasteiger partial charge is 0.398 e. The number of hydrogen-bond donors (Lipinski definition) is 2. The van der Waals surface area contributed by atoms with Crippen LogP contribution in [0.2, 0.25) is 0 Å². The number of nitrogens with two attached hydrogens (primary N) is 1. The Morgan fingerprint density at radius 3 is 2.88 bits per heavy atom. The second-order valence-corrected chi connectivity index (χ2v) is 4.95. The normalized spacial score (nSPS) is 26.9. The van der Waals surface area contributed by atoms with Gasteiger partial charge in [0.15, 0.2) is 0 Å². The molecule has 1 aromatic rings. The van der Waals surface area contributed by atoms with E-state index in [-0.39, 0.29) is 0 Å². The number of hydrogen-bond acceptors (Lipinski definition) is 3. The molecule has 1 aromatic heterocycles. The molecule has 0 aliphatic heterocycles. The summed E-state index contributed by atoms with van der Waals surface area (Å²) in [6, 6.07) is 2.25. The van der Waals surface area contributed by atoms with Gasteiger partial charge in [-0.05, 0) is 37.8 Å². The van der Waals surface area contributed by atoms with Crippen LogP contribution in [0.15, 0.2) is 18.5 Å². The Morgan fingerprint density at radius 2 is 2.31 bits per heavy atom. The van der Waals surface area contributed by atoms with E-state index in [1.165, 1.54) is 19.3 Å². The lowest BCUT2D eigenvalue weighted by Gasteiger charge is -2.24. The zero-order valence-electron chi connectivity index (χ0n) is 10.1. The summed E-state index contributed by atoms with van der Waals surface area (Å²) < 4.78 is 0. The molecule has 0 aromatic carbocycles. The van der Waals surface area contributed by atoms with Crippen molar-refractivity contribution in [3.8, 4) is 0 Å². The smallest absolute Gasteiger partial charge is 0.0393 e. The van der Waals surface area contributed by atoms with E-state index < -0.39 is 0 Å². The van der Waals surface area contributed by atoms with Crippen LogP contribution in [0, 0.1) is 11.8 Å². The summed E-state index contributed by atoms with van der Waals surface area (Å²) in [4.78, 5) is 4.18. The van der Waals surface area contributed by atoms with Crippen molar-refractivity contribution in [1.82, 2.24) is 10.3 Å². The molecule has 3 nitrogen and oxygen atoms in total. The van der Waals surface area contributed by atoms with Gasteiger partial charge in [-0.15, -0.1) is 0 Å². The van der Waals surface area contributed by atoms with Gasteiger partial charge in [-0.2, -0.15) is 0 Å². The molecule has 1 aliphatic rings. The third kappa shape index (κ3) is 2.19. The second-order valence-electron chi connectivity index (χ2n) is 4.95. The number of aromatic nitrogens is 1. The molecule has 16 heavy (non-hydrogen) atoms. The molecule has 1 saturated carbocycles. The minimum Gasteiger partial charge on any atom is -0.398 e. The van der Waals surface area contributed by atoms with Gasteiger partial charge >= 0.3 is 0 Å². The predicted octanol–water partition coefficient (Wildman–Crippen LogP) is 2.36. The Balaban J connectivity index is 2.19. The summed E-state index contributed by atoms with van der Waals surface area (Å²) in [5.74, 6) is 1.55. The van der Waals surface area contributed by atoms with Crippen LogP contribution in [0.3, 0.4) is 0 Å². The lowest BCUT2D eigenvalue weighted by atomic mass is 9.91. The predicted molar refractivity (Wildman–Crippen MR) is 67.0 cm³/mol. The highest BCUT2D eigenvalue weighted by Gasteiger charge is 2.29. The standard InChI is InChI=1S/C13H21N3/c1-9-3-4-10(7-9)13(15-2)11-8-16-6-5-12(11)14/h5-6,8-10,13,15H,3-4,7H2,1-2H3,(H2,14,16). The summed E-state index contributed by atoms with van der Waals surface area (Å²) >= 11 is 0. The van der Waals surface area contributed by atoms with Gasteiger partial charge in [0.1, 0.15) is 0 Å². The number of rotatable bonds is 3. The van der Waals surface area contributed by atoms with Gasteiger partial charge in [-0.25, -0.2) is 0 Å². The van der Waals surface area contributed by atoms with Gasteiger partial charge in [-0.3, -0.25) is 4.98 Å². The summed E-state index contributed by atoms with van der Waals surface area (Å²) in [7, 11) is 2.01.